The molecule has 0 saturated carbocycles. The molecule has 21 heavy (non-hydrogen) atoms. The van der Waals surface area contributed by atoms with Crippen molar-refractivity contribution in [2.24, 2.45) is 0 Å². The SMILES string of the molecule is CC(C)N(C)CCCNc1nc2c(s1)CCCC2C(=O)O. The van der Waals surface area contributed by atoms with E-state index in [0.29, 0.717) is 12.5 Å². The van der Waals surface area contributed by atoms with Gasteiger partial charge >= 0.3 is 5.97 Å². The molecule has 1 aliphatic carbocycles. The number of aliphatic carboxylic acids is 1. The van der Waals surface area contributed by atoms with Crippen molar-refractivity contribution in [1.82, 2.24) is 9.88 Å². The number of carboxylic acid groups (broad SMARTS) is 1. The van der Waals surface area contributed by atoms with Gasteiger partial charge in [0.05, 0.1) is 5.69 Å². The molecule has 0 bridgehead atoms. The van der Waals surface area contributed by atoms with Gasteiger partial charge in [-0.3, -0.25) is 4.79 Å². The van der Waals surface area contributed by atoms with Gasteiger partial charge < -0.3 is 15.3 Å². The van der Waals surface area contributed by atoms with Crippen molar-refractivity contribution in [3.05, 3.63) is 10.6 Å². The zero-order chi connectivity index (χ0) is 15.4. The zero-order valence-corrected chi connectivity index (χ0v) is 13.9. The fraction of sp³-hybridized carbons (Fsp3) is 0.733. The first-order valence-corrected chi connectivity index (χ1v) is 8.47. The number of aromatic nitrogens is 1. The fourth-order valence-electron chi connectivity index (χ4n) is 2.52. The molecular formula is C15H25N3O2S. The molecule has 1 atom stereocenters. The summed E-state index contributed by atoms with van der Waals surface area (Å²) in [5.74, 6) is -1.15. The van der Waals surface area contributed by atoms with Crippen molar-refractivity contribution in [2.75, 3.05) is 25.5 Å². The van der Waals surface area contributed by atoms with Crippen molar-refractivity contribution >= 4 is 22.4 Å². The molecule has 0 spiro atoms. The van der Waals surface area contributed by atoms with Crippen molar-refractivity contribution in [2.45, 2.75) is 51.5 Å². The molecule has 1 heterocycles. The van der Waals surface area contributed by atoms with Crippen LogP contribution in [0.15, 0.2) is 0 Å². The monoisotopic (exact) mass is 311 g/mol. The average Bonchev–Trinajstić information content (AvgIpc) is 2.85. The molecule has 2 rings (SSSR count). The van der Waals surface area contributed by atoms with Crippen LogP contribution in [-0.4, -0.2) is 47.1 Å². The Hall–Kier alpha value is -1.14. The maximum absolute atomic E-state index is 11.3. The molecule has 0 aromatic carbocycles. The predicted molar refractivity (Wildman–Crippen MR) is 86.3 cm³/mol. The molecular weight excluding hydrogens is 286 g/mol. The normalized spacial score (nSPS) is 18.0. The standard InChI is InChI=1S/C15H25N3O2S/c1-10(2)18(3)9-5-8-16-15-17-13-11(14(19)20)6-4-7-12(13)21-15/h10-11H,4-9H2,1-3H3,(H,16,17)(H,19,20). The van der Waals surface area contributed by atoms with E-state index in [1.165, 1.54) is 0 Å². The highest BCUT2D eigenvalue weighted by Gasteiger charge is 2.29. The van der Waals surface area contributed by atoms with Crippen LogP contribution in [0, 0.1) is 0 Å². The summed E-state index contributed by atoms with van der Waals surface area (Å²) in [4.78, 5) is 19.2. The van der Waals surface area contributed by atoms with Gasteiger partial charge in [-0.15, -0.1) is 11.3 Å². The van der Waals surface area contributed by atoms with Crippen LogP contribution in [0.3, 0.4) is 0 Å². The summed E-state index contributed by atoms with van der Waals surface area (Å²) in [6.07, 6.45) is 3.69. The van der Waals surface area contributed by atoms with E-state index in [1.807, 2.05) is 0 Å². The fourth-order valence-corrected chi connectivity index (χ4v) is 3.61. The smallest absolute Gasteiger partial charge is 0.312 e. The first-order valence-electron chi connectivity index (χ1n) is 7.65. The average molecular weight is 311 g/mol. The Morgan fingerprint density at radius 3 is 3.00 bits per heavy atom. The van der Waals surface area contributed by atoms with Crippen LogP contribution in [0.25, 0.3) is 0 Å². The van der Waals surface area contributed by atoms with Crippen LogP contribution in [0.1, 0.15) is 49.6 Å². The number of rotatable bonds is 7. The second-order valence-electron chi connectivity index (χ2n) is 5.97. The summed E-state index contributed by atoms with van der Waals surface area (Å²) in [6, 6.07) is 0.563. The summed E-state index contributed by atoms with van der Waals surface area (Å²) in [6.45, 7) is 6.30. The number of nitrogens with one attached hydrogen (secondary N) is 1. The van der Waals surface area contributed by atoms with Crippen molar-refractivity contribution in [3.8, 4) is 0 Å². The Kier molecular flexibility index (Phi) is 5.58. The predicted octanol–water partition coefficient (Wildman–Crippen LogP) is 2.79. The number of hydrogen-bond acceptors (Lipinski definition) is 5. The molecule has 5 nitrogen and oxygen atoms in total. The third kappa shape index (κ3) is 4.17. The minimum Gasteiger partial charge on any atom is -0.481 e. The topological polar surface area (TPSA) is 65.5 Å². The van der Waals surface area contributed by atoms with Gasteiger partial charge in [0, 0.05) is 17.5 Å². The van der Waals surface area contributed by atoms with Gasteiger partial charge in [-0.2, -0.15) is 0 Å². The summed E-state index contributed by atoms with van der Waals surface area (Å²) in [5.41, 5.74) is 0.792. The first kappa shape index (κ1) is 16.2. The van der Waals surface area contributed by atoms with Gasteiger partial charge in [0.1, 0.15) is 5.92 Å². The molecule has 6 heteroatoms. The first-order chi connectivity index (χ1) is 9.99. The molecule has 1 aromatic heterocycles. The van der Waals surface area contributed by atoms with Gasteiger partial charge in [-0.25, -0.2) is 4.98 Å². The summed E-state index contributed by atoms with van der Waals surface area (Å²) >= 11 is 1.62. The number of carbonyl (C=O) groups is 1. The highest BCUT2D eigenvalue weighted by molar-refractivity contribution is 7.15. The van der Waals surface area contributed by atoms with E-state index in [-0.39, 0.29) is 0 Å². The second kappa shape index (κ2) is 7.22. The highest BCUT2D eigenvalue weighted by atomic mass is 32.1. The van der Waals surface area contributed by atoms with Gasteiger partial charge in [0.15, 0.2) is 5.13 Å². The summed E-state index contributed by atoms with van der Waals surface area (Å²) in [5, 5.41) is 13.5. The molecule has 118 valence electrons. The molecule has 1 aromatic rings. The van der Waals surface area contributed by atoms with Crippen LogP contribution in [0.5, 0.6) is 0 Å². The lowest BCUT2D eigenvalue weighted by Gasteiger charge is -2.20. The van der Waals surface area contributed by atoms with Gasteiger partial charge in [0.25, 0.3) is 0 Å². The van der Waals surface area contributed by atoms with E-state index in [4.69, 9.17) is 0 Å². The molecule has 0 saturated heterocycles. The molecule has 1 aliphatic rings. The van der Waals surface area contributed by atoms with Crippen molar-refractivity contribution in [1.29, 1.82) is 0 Å². The van der Waals surface area contributed by atoms with Crippen LogP contribution in [0.4, 0.5) is 5.13 Å². The lowest BCUT2D eigenvalue weighted by Crippen LogP contribution is -2.28. The minimum atomic E-state index is -0.744. The Morgan fingerprint density at radius 1 is 1.57 bits per heavy atom. The number of carboxylic acids is 1. The van der Waals surface area contributed by atoms with Crippen LogP contribution >= 0.6 is 11.3 Å². The van der Waals surface area contributed by atoms with E-state index in [0.717, 1.165) is 48.1 Å². The Bertz CT molecular complexity index is 487. The zero-order valence-electron chi connectivity index (χ0n) is 13.1. The van der Waals surface area contributed by atoms with E-state index >= 15 is 0 Å². The van der Waals surface area contributed by atoms with E-state index < -0.39 is 11.9 Å². The van der Waals surface area contributed by atoms with Crippen molar-refractivity contribution in [3.63, 3.8) is 0 Å². The maximum Gasteiger partial charge on any atom is 0.312 e. The van der Waals surface area contributed by atoms with Gasteiger partial charge in [0.2, 0.25) is 0 Å². The number of fused-ring (bicyclic) bond motifs is 1. The summed E-state index contributed by atoms with van der Waals surface area (Å²) in [7, 11) is 2.13. The Morgan fingerprint density at radius 2 is 2.33 bits per heavy atom. The van der Waals surface area contributed by atoms with Crippen LogP contribution < -0.4 is 5.32 Å². The molecule has 0 aliphatic heterocycles. The lowest BCUT2D eigenvalue weighted by atomic mass is 9.91. The van der Waals surface area contributed by atoms with Crippen LogP contribution in [-0.2, 0) is 11.2 Å². The molecule has 0 radical (unpaired) electrons. The van der Waals surface area contributed by atoms with E-state index in [2.05, 4.69) is 36.1 Å². The second-order valence-corrected chi connectivity index (χ2v) is 7.05. The number of hydrogen-bond donors (Lipinski definition) is 2. The quantitative estimate of drug-likeness (QED) is 0.758. The maximum atomic E-state index is 11.3. The molecule has 0 fully saturated rings. The molecule has 1 unspecified atom stereocenters. The molecule has 2 N–H and O–H groups in total. The Balaban J connectivity index is 1.87. The number of aryl methyl sites for hydroxylation is 1. The summed E-state index contributed by atoms with van der Waals surface area (Å²) < 4.78 is 0. The minimum absolute atomic E-state index is 0.410. The van der Waals surface area contributed by atoms with Gasteiger partial charge in [-0.05, 0) is 53.1 Å². The molecule has 0 amide bonds. The largest absolute Gasteiger partial charge is 0.481 e. The number of thiazole rings is 1. The Labute approximate surface area is 130 Å². The number of anilines is 1. The lowest BCUT2D eigenvalue weighted by molar-refractivity contribution is -0.139. The third-order valence-electron chi connectivity index (χ3n) is 4.10. The van der Waals surface area contributed by atoms with Gasteiger partial charge in [-0.1, -0.05) is 0 Å². The van der Waals surface area contributed by atoms with E-state index in [1.54, 1.807) is 11.3 Å². The third-order valence-corrected chi connectivity index (χ3v) is 5.19. The number of nitrogens with zero attached hydrogens (tertiary/aromatic N) is 2. The van der Waals surface area contributed by atoms with Crippen molar-refractivity contribution < 1.29 is 9.90 Å². The van der Waals surface area contributed by atoms with E-state index in [9.17, 15) is 9.90 Å². The highest BCUT2D eigenvalue weighted by Crippen LogP contribution is 2.36. The van der Waals surface area contributed by atoms with Crippen LogP contribution in [0.2, 0.25) is 0 Å².